The molecule has 0 saturated carbocycles. The first-order chi connectivity index (χ1) is 8.75. The molecule has 1 saturated heterocycles. The van der Waals surface area contributed by atoms with E-state index < -0.39 is 43.0 Å². The van der Waals surface area contributed by atoms with Crippen molar-refractivity contribution in [1.82, 2.24) is 4.90 Å². The van der Waals surface area contributed by atoms with E-state index in [-0.39, 0.29) is 13.2 Å². The number of ether oxygens (including phenoxy) is 1. The summed E-state index contributed by atoms with van der Waals surface area (Å²) in [6.45, 7) is 2.31. The number of carboxylic acids is 1. The van der Waals surface area contributed by atoms with Crippen LogP contribution in [-0.2, 0) is 9.53 Å². The number of carbonyl (C=O) groups is 2. The molecular weight excluding hydrogens is 267 g/mol. The molecule has 0 aromatic heterocycles. The van der Waals surface area contributed by atoms with E-state index in [0.29, 0.717) is 0 Å². The second-order valence-corrected chi connectivity index (χ2v) is 4.28. The SMILES string of the molecule is C=CCOC(=O)N1C[C@H](C(=O)O)C[C@H](C(F)(F)F)C1. The lowest BCUT2D eigenvalue weighted by atomic mass is 9.89. The summed E-state index contributed by atoms with van der Waals surface area (Å²) in [5, 5.41) is 8.84. The summed E-state index contributed by atoms with van der Waals surface area (Å²) in [6.07, 6.45) is -4.74. The first kappa shape index (κ1) is 15.3. The maximum atomic E-state index is 12.7. The summed E-state index contributed by atoms with van der Waals surface area (Å²) in [6, 6.07) is 0. The van der Waals surface area contributed by atoms with Crippen LogP contribution in [0.15, 0.2) is 12.7 Å². The number of hydrogen-bond donors (Lipinski definition) is 1. The standard InChI is InChI=1S/C11H14F3NO4/c1-2-3-19-10(18)15-5-7(9(16)17)4-8(6-15)11(12,13)14/h2,7-8H,1,3-6H2,(H,16,17)/t7-,8+/m1/s1. The average Bonchev–Trinajstić information content (AvgIpc) is 2.34. The molecule has 0 spiro atoms. The monoisotopic (exact) mass is 281 g/mol. The summed E-state index contributed by atoms with van der Waals surface area (Å²) in [5.41, 5.74) is 0. The number of nitrogens with zero attached hydrogens (tertiary/aromatic N) is 1. The molecule has 8 heteroatoms. The summed E-state index contributed by atoms with van der Waals surface area (Å²) in [4.78, 5) is 23.1. The minimum Gasteiger partial charge on any atom is -0.481 e. The van der Waals surface area contributed by atoms with Crippen molar-refractivity contribution in [3.05, 3.63) is 12.7 Å². The van der Waals surface area contributed by atoms with Crippen LogP contribution in [0.4, 0.5) is 18.0 Å². The molecule has 1 fully saturated rings. The second-order valence-electron chi connectivity index (χ2n) is 4.28. The number of carboxylic acid groups (broad SMARTS) is 1. The summed E-state index contributed by atoms with van der Waals surface area (Å²) >= 11 is 0. The lowest BCUT2D eigenvalue weighted by molar-refractivity contribution is -0.191. The maximum absolute atomic E-state index is 12.7. The van der Waals surface area contributed by atoms with Crippen molar-refractivity contribution in [1.29, 1.82) is 0 Å². The van der Waals surface area contributed by atoms with E-state index in [1.165, 1.54) is 6.08 Å². The predicted molar refractivity (Wildman–Crippen MR) is 58.4 cm³/mol. The maximum Gasteiger partial charge on any atom is 0.410 e. The van der Waals surface area contributed by atoms with Crippen LogP contribution in [0.1, 0.15) is 6.42 Å². The van der Waals surface area contributed by atoms with Crippen molar-refractivity contribution in [2.75, 3.05) is 19.7 Å². The Kier molecular flexibility index (Phi) is 4.79. The van der Waals surface area contributed by atoms with Gasteiger partial charge in [0.05, 0.1) is 11.8 Å². The molecule has 19 heavy (non-hydrogen) atoms. The topological polar surface area (TPSA) is 66.8 Å². The normalized spacial score (nSPS) is 23.8. The lowest BCUT2D eigenvalue weighted by Crippen LogP contribution is -2.50. The van der Waals surface area contributed by atoms with Gasteiger partial charge >= 0.3 is 18.2 Å². The average molecular weight is 281 g/mol. The largest absolute Gasteiger partial charge is 0.481 e. The van der Waals surface area contributed by atoms with Gasteiger partial charge in [0, 0.05) is 13.1 Å². The zero-order valence-corrected chi connectivity index (χ0v) is 10.0. The minimum absolute atomic E-state index is 0.135. The number of piperidine rings is 1. The van der Waals surface area contributed by atoms with Crippen LogP contribution in [0.5, 0.6) is 0 Å². The van der Waals surface area contributed by atoms with Gasteiger partial charge in [0.15, 0.2) is 0 Å². The van der Waals surface area contributed by atoms with E-state index in [1.54, 1.807) is 0 Å². The van der Waals surface area contributed by atoms with Gasteiger partial charge in [-0.2, -0.15) is 13.2 Å². The molecule has 0 radical (unpaired) electrons. The smallest absolute Gasteiger partial charge is 0.410 e. The number of alkyl halides is 3. The van der Waals surface area contributed by atoms with E-state index >= 15 is 0 Å². The summed E-state index contributed by atoms with van der Waals surface area (Å²) in [7, 11) is 0. The molecule has 2 atom stereocenters. The molecule has 0 unspecified atom stereocenters. The molecule has 5 nitrogen and oxygen atoms in total. The highest BCUT2D eigenvalue weighted by Gasteiger charge is 2.47. The molecule has 1 N–H and O–H groups in total. The molecule has 108 valence electrons. The van der Waals surface area contributed by atoms with Crippen LogP contribution >= 0.6 is 0 Å². The van der Waals surface area contributed by atoms with Gasteiger partial charge in [-0.05, 0) is 6.42 Å². The van der Waals surface area contributed by atoms with E-state index in [1.807, 2.05) is 0 Å². The summed E-state index contributed by atoms with van der Waals surface area (Å²) in [5.74, 6) is -4.44. The van der Waals surface area contributed by atoms with E-state index in [4.69, 9.17) is 5.11 Å². The molecule has 1 aliphatic rings. The Morgan fingerprint density at radius 1 is 1.42 bits per heavy atom. The highest BCUT2D eigenvalue weighted by atomic mass is 19.4. The quantitative estimate of drug-likeness (QED) is 0.802. The Labute approximate surface area is 107 Å². The van der Waals surface area contributed by atoms with Crippen LogP contribution in [-0.4, -0.2) is 47.9 Å². The van der Waals surface area contributed by atoms with E-state index in [2.05, 4.69) is 11.3 Å². The van der Waals surface area contributed by atoms with E-state index in [9.17, 15) is 22.8 Å². The van der Waals surface area contributed by atoms with Gasteiger partial charge in [-0.1, -0.05) is 12.7 Å². The molecule has 1 rings (SSSR count). The van der Waals surface area contributed by atoms with Gasteiger partial charge in [-0.3, -0.25) is 4.79 Å². The number of rotatable bonds is 3. The summed E-state index contributed by atoms with van der Waals surface area (Å²) < 4.78 is 42.7. The van der Waals surface area contributed by atoms with Crippen molar-refractivity contribution in [2.45, 2.75) is 12.6 Å². The van der Waals surface area contributed by atoms with Crippen LogP contribution in [0.2, 0.25) is 0 Å². The van der Waals surface area contributed by atoms with Crippen molar-refractivity contribution >= 4 is 12.1 Å². The molecule has 1 aliphatic heterocycles. The van der Waals surface area contributed by atoms with Crippen LogP contribution in [0, 0.1) is 11.8 Å². The fraction of sp³-hybridized carbons (Fsp3) is 0.636. The van der Waals surface area contributed by atoms with Gasteiger partial charge in [0.2, 0.25) is 0 Å². The number of hydrogen-bond acceptors (Lipinski definition) is 3. The van der Waals surface area contributed by atoms with Crippen LogP contribution < -0.4 is 0 Å². The molecule has 0 aromatic carbocycles. The third-order valence-corrected chi connectivity index (χ3v) is 2.85. The third kappa shape index (κ3) is 4.15. The Morgan fingerprint density at radius 2 is 2.05 bits per heavy atom. The Morgan fingerprint density at radius 3 is 2.53 bits per heavy atom. The fourth-order valence-corrected chi connectivity index (χ4v) is 1.89. The van der Waals surface area contributed by atoms with Gasteiger partial charge in [-0.15, -0.1) is 0 Å². The Bertz CT molecular complexity index is 369. The second kappa shape index (κ2) is 5.94. The zero-order chi connectivity index (χ0) is 14.6. The molecule has 1 heterocycles. The van der Waals surface area contributed by atoms with Crippen molar-refractivity contribution < 1.29 is 32.6 Å². The highest BCUT2D eigenvalue weighted by molar-refractivity contribution is 5.73. The van der Waals surface area contributed by atoms with Crippen molar-refractivity contribution in [2.24, 2.45) is 11.8 Å². The first-order valence-corrected chi connectivity index (χ1v) is 5.57. The molecular formula is C11H14F3NO4. The lowest BCUT2D eigenvalue weighted by Gasteiger charge is -2.36. The zero-order valence-electron chi connectivity index (χ0n) is 10.0. The van der Waals surface area contributed by atoms with Crippen LogP contribution in [0.3, 0.4) is 0 Å². The van der Waals surface area contributed by atoms with Gasteiger partial charge in [0.25, 0.3) is 0 Å². The minimum atomic E-state index is -4.54. The Hall–Kier alpha value is -1.73. The molecule has 1 amide bonds. The number of amides is 1. The first-order valence-electron chi connectivity index (χ1n) is 5.57. The van der Waals surface area contributed by atoms with Crippen LogP contribution in [0.25, 0.3) is 0 Å². The number of aliphatic carboxylic acids is 1. The fourth-order valence-electron chi connectivity index (χ4n) is 1.89. The highest BCUT2D eigenvalue weighted by Crippen LogP contribution is 2.35. The van der Waals surface area contributed by atoms with Gasteiger partial charge in [-0.25, -0.2) is 4.79 Å². The van der Waals surface area contributed by atoms with Crippen molar-refractivity contribution in [3.63, 3.8) is 0 Å². The predicted octanol–water partition coefficient (Wildman–Crippen LogP) is 1.89. The van der Waals surface area contributed by atoms with Gasteiger partial charge < -0.3 is 14.7 Å². The molecule has 0 aliphatic carbocycles. The Balaban J connectivity index is 2.78. The number of likely N-dealkylation sites (tertiary alicyclic amines) is 1. The number of halogens is 3. The van der Waals surface area contributed by atoms with Gasteiger partial charge in [0.1, 0.15) is 6.61 Å². The molecule has 0 aromatic rings. The number of carbonyl (C=O) groups excluding carboxylic acids is 1. The molecule has 0 bridgehead atoms. The van der Waals surface area contributed by atoms with Crippen molar-refractivity contribution in [3.8, 4) is 0 Å². The van der Waals surface area contributed by atoms with E-state index in [0.717, 1.165) is 4.90 Å². The third-order valence-electron chi connectivity index (χ3n) is 2.85.